The number of aliphatic carboxylic acids is 1. The molecular weight excluding hydrogens is 408 g/mol. The summed E-state index contributed by atoms with van der Waals surface area (Å²) in [6.45, 7) is 0. The molecule has 0 unspecified atom stereocenters. The molecule has 0 aliphatic rings. The highest BCUT2D eigenvalue weighted by Gasteiger charge is 2.19. The number of nitro groups is 1. The molecule has 0 saturated carbocycles. The van der Waals surface area contributed by atoms with E-state index in [0.29, 0.717) is 10.9 Å². The Morgan fingerprint density at radius 3 is 2.55 bits per heavy atom. The van der Waals surface area contributed by atoms with Gasteiger partial charge >= 0.3 is 17.7 Å². The molecule has 3 aromatic rings. The Balaban J connectivity index is 2.10. The van der Waals surface area contributed by atoms with Crippen LogP contribution in [-0.2, 0) is 17.6 Å². The molecule has 10 heteroatoms. The van der Waals surface area contributed by atoms with Crippen molar-refractivity contribution in [3.63, 3.8) is 0 Å². The zero-order chi connectivity index (χ0) is 22.7. The van der Waals surface area contributed by atoms with Gasteiger partial charge in [0.15, 0.2) is 0 Å². The van der Waals surface area contributed by atoms with Crippen LogP contribution >= 0.6 is 0 Å². The molecule has 0 fully saturated rings. The van der Waals surface area contributed by atoms with Gasteiger partial charge in [0, 0.05) is 49.7 Å². The van der Waals surface area contributed by atoms with Gasteiger partial charge in [-0.2, -0.15) is 0 Å². The van der Waals surface area contributed by atoms with Gasteiger partial charge in [0.05, 0.1) is 11.3 Å². The lowest BCUT2D eigenvalue weighted by atomic mass is 9.96. The van der Waals surface area contributed by atoms with E-state index in [0.717, 1.165) is 0 Å². The van der Waals surface area contributed by atoms with Crippen LogP contribution in [0.15, 0.2) is 51.7 Å². The summed E-state index contributed by atoms with van der Waals surface area (Å²) in [5, 5.41) is 20.7. The van der Waals surface area contributed by atoms with E-state index in [9.17, 15) is 29.6 Å². The van der Waals surface area contributed by atoms with Gasteiger partial charge in [-0.05, 0) is 23.3 Å². The number of carbonyl (C=O) groups excluding carboxylic acids is 1. The molecule has 1 heterocycles. The van der Waals surface area contributed by atoms with Gasteiger partial charge in [0.25, 0.3) is 5.69 Å². The molecule has 10 nitrogen and oxygen atoms in total. The van der Waals surface area contributed by atoms with Crippen molar-refractivity contribution in [2.75, 3.05) is 14.1 Å². The van der Waals surface area contributed by atoms with E-state index < -0.39 is 29.0 Å². The third-order valence-electron chi connectivity index (χ3n) is 4.49. The molecule has 0 bridgehead atoms. The van der Waals surface area contributed by atoms with Crippen LogP contribution in [0.3, 0.4) is 0 Å². The number of rotatable bonds is 6. The zero-order valence-electron chi connectivity index (χ0n) is 16.7. The number of carboxylic acid groups (broad SMARTS) is 1. The summed E-state index contributed by atoms with van der Waals surface area (Å²) in [6, 6.07) is 10.0. The second-order valence-electron chi connectivity index (χ2n) is 6.94. The Morgan fingerprint density at radius 1 is 1.16 bits per heavy atom. The number of benzene rings is 2. The number of fused-ring (bicyclic) bond motifs is 1. The molecule has 0 aliphatic carbocycles. The number of carbonyl (C=O) groups is 2. The van der Waals surface area contributed by atoms with Crippen molar-refractivity contribution in [3.05, 3.63) is 79.7 Å². The van der Waals surface area contributed by atoms with Crippen molar-refractivity contribution in [1.82, 2.24) is 4.90 Å². The SMILES string of the molecule is CN(C)C(=O)Oc1ccc2c(CC(=O)O)c(Cc3cccc([N+](=O)[O-])c3)c(=O)oc2c1. The molecule has 0 spiro atoms. The lowest BCUT2D eigenvalue weighted by molar-refractivity contribution is -0.384. The highest BCUT2D eigenvalue weighted by Crippen LogP contribution is 2.27. The van der Waals surface area contributed by atoms with E-state index in [1.54, 1.807) is 6.07 Å². The standard InChI is InChI=1S/C21H18N2O8/c1-22(2)21(27)30-14-6-7-15-16(11-19(24)25)17(20(26)31-18(15)10-14)9-12-4-3-5-13(8-12)23(28)29/h3-8,10H,9,11H2,1-2H3,(H,24,25). The molecule has 1 aromatic heterocycles. The van der Waals surface area contributed by atoms with Crippen LogP contribution in [0.2, 0.25) is 0 Å². The van der Waals surface area contributed by atoms with Gasteiger partial charge in [-0.25, -0.2) is 9.59 Å². The lowest BCUT2D eigenvalue weighted by Gasteiger charge is -2.13. The number of amides is 1. The molecule has 1 N–H and O–H groups in total. The van der Waals surface area contributed by atoms with Gasteiger partial charge in [-0.3, -0.25) is 14.9 Å². The third kappa shape index (κ3) is 4.86. The van der Waals surface area contributed by atoms with Crippen LogP contribution in [0.5, 0.6) is 5.75 Å². The van der Waals surface area contributed by atoms with Crippen LogP contribution in [0.4, 0.5) is 10.5 Å². The quantitative estimate of drug-likeness (QED) is 0.360. The predicted molar refractivity (Wildman–Crippen MR) is 109 cm³/mol. The first kappa shape index (κ1) is 21.5. The molecule has 0 atom stereocenters. The summed E-state index contributed by atoms with van der Waals surface area (Å²) in [5.41, 5.74) is -0.0672. The normalized spacial score (nSPS) is 10.6. The van der Waals surface area contributed by atoms with Crippen molar-refractivity contribution in [3.8, 4) is 5.75 Å². The van der Waals surface area contributed by atoms with Gasteiger partial charge in [0.1, 0.15) is 11.3 Å². The molecule has 1 amide bonds. The summed E-state index contributed by atoms with van der Waals surface area (Å²) in [4.78, 5) is 47.6. The van der Waals surface area contributed by atoms with Crippen molar-refractivity contribution in [2.45, 2.75) is 12.8 Å². The van der Waals surface area contributed by atoms with Crippen LogP contribution in [0.1, 0.15) is 16.7 Å². The van der Waals surface area contributed by atoms with Crippen molar-refractivity contribution >= 4 is 28.7 Å². The highest BCUT2D eigenvalue weighted by atomic mass is 16.6. The molecule has 0 radical (unpaired) electrons. The average Bonchev–Trinajstić information content (AvgIpc) is 2.70. The number of nitro benzene ring substituents is 1. The minimum atomic E-state index is -1.16. The molecule has 160 valence electrons. The van der Waals surface area contributed by atoms with E-state index >= 15 is 0 Å². The smallest absolute Gasteiger partial charge is 0.414 e. The minimum Gasteiger partial charge on any atom is -0.481 e. The van der Waals surface area contributed by atoms with Gasteiger partial charge in [0.2, 0.25) is 0 Å². The van der Waals surface area contributed by atoms with Crippen LogP contribution in [-0.4, -0.2) is 41.1 Å². The monoisotopic (exact) mass is 426 g/mol. The number of nitrogens with zero attached hydrogens (tertiary/aromatic N) is 2. The minimum absolute atomic E-state index is 0.0417. The van der Waals surface area contributed by atoms with E-state index in [1.165, 1.54) is 55.4 Å². The van der Waals surface area contributed by atoms with Crippen LogP contribution in [0.25, 0.3) is 11.0 Å². The topological polar surface area (TPSA) is 140 Å². The second-order valence-corrected chi connectivity index (χ2v) is 6.94. The predicted octanol–water partition coefficient (Wildman–Crippen LogP) is 2.98. The second kappa shape index (κ2) is 8.66. The summed E-state index contributed by atoms with van der Waals surface area (Å²) in [7, 11) is 3.02. The summed E-state index contributed by atoms with van der Waals surface area (Å²) < 4.78 is 10.5. The summed E-state index contributed by atoms with van der Waals surface area (Å²) in [5.74, 6) is -1.03. The Morgan fingerprint density at radius 2 is 1.90 bits per heavy atom. The van der Waals surface area contributed by atoms with Crippen molar-refractivity contribution in [2.24, 2.45) is 0 Å². The summed E-state index contributed by atoms with van der Waals surface area (Å²) in [6.07, 6.45) is -1.13. The van der Waals surface area contributed by atoms with Crippen molar-refractivity contribution < 1.29 is 28.8 Å². The molecule has 31 heavy (non-hydrogen) atoms. The Labute approximate surface area is 175 Å². The van der Waals surface area contributed by atoms with E-state index in [2.05, 4.69) is 0 Å². The molecule has 2 aromatic carbocycles. The van der Waals surface area contributed by atoms with Gasteiger partial charge < -0.3 is 19.2 Å². The third-order valence-corrected chi connectivity index (χ3v) is 4.49. The molecule has 0 saturated heterocycles. The lowest BCUT2D eigenvalue weighted by Crippen LogP contribution is -2.25. The number of ether oxygens (including phenoxy) is 1. The maximum absolute atomic E-state index is 12.7. The summed E-state index contributed by atoms with van der Waals surface area (Å²) >= 11 is 0. The molecular formula is C21H18N2O8. The first-order valence-corrected chi connectivity index (χ1v) is 9.08. The molecule has 0 aliphatic heterocycles. The highest BCUT2D eigenvalue weighted by molar-refractivity contribution is 5.87. The number of hydrogen-bond donors (Lipinski definition) is 1. The van der Waals surface area contributed by atoms with E-state index in [-0.39, 0.29) is 34.6 Å². The van der Waals surface area contributed by atoms with Gasteiger partial charge in [-0.15, -0.1) is 0 Å². The van der Waals surface area contributed by atoms with Gasteiger partial charge in [-0.1, -0.05) is 12.1 Å². The fourth-order valence-electron chi connectivity index (χ4n) is 3.06. The maximum atomic E-state index is 12.7. The van der Waals surface area contributed by atoms with Crippen molar-refractivity contribution in [1.29, 1.82) is 0 Å². The fraction of sp³-hybridized carbons (Fsp3) is 0.190. The van der Waals surface area contributed by atoms with Crippen LogP contribution < -0.4 is 10.4 Å². The first-order chi connectivity index (χ1) is 14.7. The Hall–Kier alpha value is -4.21. The number of non-ortho nitro benzene ring substituents is 1. The Bertz CT molecular complexity index is 1250. The number of hydrogen-bond acceptors (Lipinski definition) is 7. The largest absolute Gasteiger partial charge is 0.481 e. The zero-order valence-corrected chi connectivity index (χ0v) is 16.7. The molecule has 3 rings (SSSR count). The fourth-order valence-corrected chi connectivity index (χ4v) is 3.06. The average molecular weight is 426 g/mol. The van der Waals surface area contributed by atoms with E-state index in [1.807, 2.05) is 0 Å². The van der Waals surface area contributed by atoms with Crippen LogP contribution in [0, 0.1) is 10.1 Å². The Kier molecular flexibility index (Phi) is 6.00. The number of carboxylic acids is 1. The van der Waals surface area contributed by atoms with E-state index in [4.69, 9.17) is 9.15 Å². The first-order valence-electron chi connectivity index (χ1n) is 9.08. The maximum Gasteiger partial charge on any atom is 0.414 e.